The number of halogens is 2. The summed E-state index contributed by atoms with van der Waals surface area (Å²) in [5.74, 6) is -1.07. The largest absolute Gasteiger partial charge is 0.481 e. The summed E-state index contributed by atoms with van der Waals surface area (Å²) in [5, 5.41) is 14.6. The van der Waals surface area contributed by atoms with Gasteiger partial charge in [0.1, 0.15) is 6.17 Å². The summed E-state index contributed by atoms with van der Waals surface area (Å²) in [6, 6.07) is 6.30. The summed E-state index contributed by atoms with van der Waals surface area (Å²) in [7, 11) is 0. The monoisotopic (exact) mass is 413 g/mol. The highest BCUT2D eigenvalue weighted by Gasteiger charge is 2.39. The molecule has 2 rings (SSSR count). The van der Waals surface area contributed by atoms with Gasteiger partial charge in [-0.3, -0.25) is 4.79 Å². The Morgan fingerprint density at radius 1 is 1.18 bits per heavy atom. The predicted octanol–water partition coefficient (Wildman–Crippen LogP) is 4.54. The van der Waals surface area contributed by atoms with Gasteiger partial charge in [-0.1, -0.05) is 30.9 Å². The molecule has 1 aromatic carbocycles. The molecule has 0 radical (unpaired) electrons. The smallest absolute Gasteiger partial charge is 0.320 e. The van der Waals surface area contributed by atoms with Crippen molar-refractivity contribution in [1.29, 1.82) is 0 Å². The molecule has 1 saturated carbocycles. The van der Waals surface area contributed by atoms with E-state index in [4.69, 9.17) is 22.4 Å². The molecule has 0 aliphatic heterocycles. The second kappa shape index (κ2) is 11.2. The lowest BCUT2D eigenvalue weighted by Gasteiger charge is -2.27. The van der Waals surface area contributed by atoms with Crippen LogP contribution in [0.2, 0.25) is 5.02 Å². The summed E-state index contributed by atoms with van der Waals surface area (Å²) >= 11 is 5.82. The van der Waals surface area contributed by atoms with Crippen LogP contribution in [0, 0.1) is 11.8 Å². The molecule has 1 aromatic rings. The van der Waals surface area contributed by atoms with Gasteiger partial charge in [-0.25, -0.2) is 9.18 Å². The van der Waals surface area contributed by atoms with Crippen molar-refractivity contribution < 1.29 is 19.1 Å². The molecule has 0 aromatic heterocycles. The summed E-state index contributed by atoms with van der Waals surface area (Å²) in [6.07, 6.45) is 3.65. The van der Waals surface area contributed by atoms with Crippen LogP contribution in [0.5, 0.6) is 0 Å². The van der Waals surface area contributed by atoms with E-state index in [9.17, 15) is 14.0 Å². The van der Waals surface area contributed by atoms with E-state index in [1.807, 2.05) is 0 Å². The predicted molar refractivity (Wildman–Crippen MR) is 108 cm³/mol. The van der Waals surface area contributed by atoms with Crippen molar-refractivity contribution >= 4 is 29.3 Å². The Labute approximate surface area is 170 Å². The van der Waals surface area contributed by atoms with E-state index >= 15 is 0 Å². The van der Waals surface area contributed by atoms with E-state index < -0.39 is 24.3 Å². The molecule has 4 atom stereocenters. The average molecular weight is 414 g/mol. The molecule has 1 aliphatic rings. The van der Waals surface area contributed by atoms with Gasteiger partial charge in [0.25, 0.3) is 0 Å². The molecule has 156 valence electrons. The molecule has 1 unspecified atom stereocenters. The lowest BCUT2D eigenvalue weighted by molar-refractivity contribution is -0.137. The highest BCUT2D eigenvalue weighted by molar-refractivity contribution is 6.30. The van der Waals surface area contributed by atoms with Crippen molar-refractivity contribution in [1.82, 2.24) is 5.32 Å². The molecule has 2 amide bonds. The number of anilines is 1. The van der Waals surface area contributed by atoms with Gasteiger partial charge in [0.05, 0.1) is 6.17 Å². The summed E-state index contributed by atoms with van der Waals surface area (Å²) in [4.78, 5) is 22.7. The minimum absolute atomic E-state index is 0.106. The first-order valence-corrected chi connectivity index (χ1v) is 10.2. The van der Waals surface area contributed by atoms with Gasteiger partial charge in [-0.05, 0) is 61.8 Å². The third kappa shape index (κ3) is 7.28. The zero-order chi connectivity index (χ0) is 20.5. The zero-order valence-corrected chi connectivity index (χ0v) is 16.6. The van der Waals surface area contributed by atoms with Crippen LogP contribution >= 0.6 is 11.6 Å². The highest BCUT2D eigenvalue weighted by atomic mass is 35.5. The number of carboxylic acid groups (broad SMARTS) is 1. The fourth-order valence-electron chi connectivity index (χ4n) is 3.86. The van der Waals surface area contributed by atoms with Gasteiger partial charge < -0.3 is 21.5 Å². The number of unbranched alkanes of at least 4 members (excludes halogenated alkanes) is 3. The van der Waals surface area contributed by atoms with Gasteiger partial charge >= 0.3 is 12.0 Å². The Kier molecular flexibility index (Phi) is 8.99. The van der Waals surface area contributed by atoms with E-state index in [2.05, 4.69) is 10.6 Å². The van der Waals surface area contributed by atoms with Gasteiger partial charge in [0, 0.05) is 17.1 Å². The molecular formula is C20H29ClFN3O3. The highest BCUT2D eigenvalue weighted by Crippen LogP contribution is 2.38. The molecule has 0 spiro atoms. The molecule has 8 heteroatoms. The maximum atomic E-state index is 14.3. The van der Waals surface area contributed by atoms with Gasteiger partial charge in [0.2, 0.25) is 0 Å². The molecule has 0 heterocycles. The molecule has 6 nitrogen and oxygen atoms in total. The third-order valence-electron chi connectivity index (χ3n) is 5.33. The second-order valence-electron chi connectivity index (χ2n) is 7.40. The van der Waals surface area contributed by atoms with Crippen LogP contribution in [0.15, 0.2) is 24.3 Å². The van der Waals surface area contributed by atoms with Gasteiger partial charge in [-0.2, -0.15) is 0 Å². The van der Waals surface area contributed by atoms with E-state index in [1.54, 1.807) is 24.3 Å². The Balaban J connectivity index is 1.76. The topological polar surface area (TPSA) is 104 Å². The number of rotatable bonds is 10. The van der Waals surface area contributed by atoms with Crippen molar-refractivity contribution in [2.45, 2.75) is 63.7 Å². The van der Waals surface area contributed by atoms with Crippen LogP contribution in [0.1, 0.15) is 51.4 Å². The Morgan fingerprint density at radius 3 is 2.54 bits per heavy atom. The number of alkyl halides is 1. The quantitative estimate of drug-likeness (QED) is 0.334. The Morgan fingerprint density at radius 2 is 1.86 bits per heavy atom. The van der Waals surface area contributed by atoms with Crippen LogP contribution in [0.3, 0.4) is 0 Å². The summed E-state index contributed by atoms with van der Waals surface area (Å²) < 4.78 is 14.3. The number of nitrogens with one attached hydrogen (secondary N) is 2. The minimum Gasteiger partial charge on any atom is -0.481 e. The van der Waals surface area contributed by atoms with Crippen molar-refractivity contribution in [3.05, 3.63) is 29.3 Å². The molecule has 0 bridgehead atoms. The minimum atomic E-state index is -0.906. The lowest BCUT2D eigenvalue weighted by atomic mass is 9.87. The molecule has 1 fully saturated rings. The van der Waals surface area contributed by atoms with E-state index in [0.717, 1.165) is 19.3 Å². The number of hydrogen-bond donors (Lipinski definition) is 4. The van der Waals surface area contributed by atoms with E-state index in [-0.39, 0.29) is 18.3 Å². The summed E-state index contributed by atoms with van der Waals surface area (Å²) in [6.45, 7) is 0. The second-order valence-corrected chi connectivity index (χ2v) is 7.84. The third-order valence-corrected chi connectivity index (χ3v) is 5.58. The average Bonchev–Trinajstić information content (AvgIpc) is 3.00. The van der Waals surface area contributed by atoms with Crippen LogP contribution in [-0.4, -0.2) is 29.4 Å². The molecule has 0 saturated heterocycles. The molecule has 5 N–H and O–H groups in total. The first kappa shape index (κ1) is 22.4. The number of carboxylic acids is 1. The van der Waals surface area contributed by atoms with Crippen molar-refractivity contribution in [2.75, 3.05) is 5.32 Å². The number of aliphatic carboxylic acids is 1. The Bertz CT molecular complexity index is 644. The van der Waals surface area contributed by atoms with E-state index in [0.29, 0.717) is 36.4 Å². The SMILES string of the molecule is NC(NC(=O)Nc1ccc(Cl)cc1)[C@H]1CC[C@@H](F)[C@@H]1CCCCCCC(=O)O. The van der Waals surface area contributed by atoms with E-state index in [1.165, 1.54) is 0 Å². The number of carbonyl (C=O) groups excluding carboxylic acids is 1. The fraction of sp³-hybridized carbons (Fsp3) is 0.600. The van der Waals surface area contributed by atoms with Crippen molar-refractivity contribution in [3.63, 3.8) is 0 Å². The summed E-state index contributed by atoms with van der Waals surface area (Å²) in [5.41, 5.74) is 6.77. The maximum absolute atomic E-state index is 14.3. The number of hydrogen-bond acceptors (Lipinski definition) is 3. The normalized spacial score (nSPS) is 22.6. The first-order chi connectivity index (χ1) is 13.4. The van der Waals surface area contributed by atoms with Crippen molar-refractivity contribution in [3.8, 4) is 0 Å². The fourth-order valence-corrected chi connectivity index (χ4v) is 3.98. The van der Waals surface area contributed by atoms with Crippen molar-refractivity contribution in [2.24, 2.45) is 17.6 Å². The van der Waals surface area contributed by atoms with Crippen LogP contribution in [0.4, 0.5) is 14.9 Å². The van der Waals surface area contributed by atoms with Crippen LogP contribution in [-0.2, 0) is 4.79 Å². The number of benzene rings is 1. The van der Waals surface area contributed by atoms with Gasteiger partial charge in [-0.15, -0.1) is 0 Å². The number of urea groups is 1. The number of nitrogens with two attached hydrogens (primary N) is 1. The molecular weight excluding hydrogens is 385 g/mol. The standard InChI is InChI=1S/C20H29ClFN3O3/c21-13-7-9-14(10-8-13)24-20(28)25-19(23)16-11-12-17(22)15(16)5-3-1-2-4-6-18(26)27/h7-10,15-17,19H,1-6,11-12,23H2,(H,26,27)(H2,24,25,28)/t15-,16+,17-,19?/m1/s1. The number of amides is 2. The molecule has 28 heavy (non-hydrogen) atoms. The van der Waals surface area contributed by atoms with Crippen LogP contribution < -0.4 is 16.4 Å². The van der Waals surface area contributed by atoms with Crippen LogP contribution in [0.25, 0.3) is 0 Å². The van der Waals surface area contributed by atoms with Gasteiger partial charge in [0.15, 0.2) is 0 Å². The molecule has 1 aliphatic carbocycles. The zero-order valence-electron chi connectivity index (χ0n) is 15.9. The lowest BCUT2D eigenvalue weighted by Crippen LogP contribution is -2.49. The Hall–Kier alpha value is -1.86. The first-order valence-electron chi connectivity index (χ1n) is 9.81. The number of carbonyl (C=O) groups is 2. The maximum Gasteiger partial charge on any atom is 0.320 e.